The summed E-state index contributed by atoms with van der Waals surface area (Å²) in [7, 11) is 0. The topological polar surface area (TPSA) is 117 Å². The van der Waals surface area contributed by atoms with Crippen LogP contribution in [0.2, 0.25) is 0 Å². The summed E-state index contributed by atoms with van der Waals surface area (Å²) in [6.45, 7) is 4.64. The van der Waals surface area contributed by atoms with Gasteiger partial charge >= 0.3 is 17.9 Å². The summed E-state index contributed by atoms with van der Waals surface area (Å²) >= 11 is 3.24. The van der Waals surface area contributed by atoms with Crippen LogP contribution in [0.1, 0.15) is 34.1 Å². The monoisotopic (exact) mass is 409 g/mol. The van der Waals surface area contributed by atoms with Crippen molar-refractivity contribution in [3.63, 3.8) is 0 Å². The van der Waals surface area contributed by atoms with Crippen LogP contribution in [0, 0.1) is 0 Å². The number of halogens is 1. The van der Waals surface area contributed by atoms with Gasteiger partial charge in [0.25, 0.3) is 0 Å². The van der Waals surface area contributed by atoms with Crippen LogP contribution in [0.15, 0.2) is 0 Å². The molecule has 1 aliphatic rings. The molecule has 0 aromatic heterocycles. The fourth-order valence-electron chi connectivity index (χ4n) is 2.31. The first-order chi connectivity index (χ1) is 11.0. The van der Waals surface area contributed by atoms with Gasteiger partial charge in [0.2, 0.25) is 10.5 Å². The summed E-state index contributed by atoms with van der Waals surface area (Å²) < 4.78 is 19.6. The van der Waals surface area contributed by atoms with Crippen LogP contribution in [0.5, 0.6) is 0 Å². The second-order valence-corrected chi connectivity index (χ2v) is 6.58. The number of ether oxygens (including phenoxy) is 4. The first-order valence-electron chi connectivity index (χ1n) is 7.15. The Kier molecular flexibility index (Phi) is 7.15. The van der Waals surface area contributed by atoms with E-state index < -0.39 is 46.8 Å². The molecule has 0 saturated carbocycles. The van der Waals surface area contributed by atoms with E-state index in [1.54, 1.807) is 0 Å². The maximum absolute atomic E-state index is 11.4. The Morgan fingerprint density at radius 1 is 1.08 bits per heavy atom. The lowest BCUT2D eigenvalue weighted by molar-refractivity contribution is -0.224. The SMILES string of the molecule is CC(=O)N[C@]1(Br)C[C@@H](OC(C)=O)[C@H](OC(C)=O)[C@@H](COC(C)=O)O1. The third kappa shape index (κ3) is 6.44. The Balaban J connectivity index is 3.08. The van der Waals surface area contributed by atoms with Crippen LogP contribution in [-0.2, 0) is 38.1 Å². The highest BCUT2D eigenvalue weighted by Gasteiger charge is 2.50. The molecule has 0 aromatic rings. The number of nitrogens with one attached hydrogen (secondary N) is 1. The fraction of sp³-hybridized carbons (Fsp3) is 0.714. The maximum atomic E-state index is 11.4. The molecule has 0 bridgehead atoms. The van der Waals surface area contributed by atoms with Crippen LogP contribution < -0.4 is 5.32 Å². The van der Waals surface area contributed by atoms with Crippen LogP contribution in [-0.4, -0.2) is 53.4 Å². The number of hydrogen-bond donors (Lipinski definition) is 1. The molecular formula is C14H20BrNO8. The van der Waals surface area contributed by atoms with Crippen molar-refractivity contribution in [1.82, 2.24) is 5.32 Å². The van der Waals surface area contributed by atoms with Crippen molar-refractivity contribution in [3.8, 4) is 0 Å². The number of esters is 3. The lowest BCUT2D eigenvalue weighted by atomic mass is 10.00. The molecule has 0 unspecified atom stereocenters. The molecule has 0 spiro atoms. The summed E-state index contributed by atoms with van der Waals surface area (Å²) in [5, 5.41) is 2.54. The quantitative estimate of drug-likeness (QED) is 0.299. The smallest absolute Gasteiger partial charge is 0.303 e. The number of rotatable bonds is 5. The van der Waals surface area contributed by atoms with Crippen molar-refractivity contribution in [3.05, 3.63) is 0 Å². The van der Waals surface area contributed by atoms with E-state index in [2.05, 4.69) is 21.2 Å². The van der Waals surface area contributed by atoms with Crippen LogP contribution in [0.4, 0.5) is 0 Å². The number of carbonyl (C=O) groups is 4. The number of alkyl halides is 1. The summed E-state index contributed by atoms with van der Waals surface area (Å²) in [5.41, 5.74) is 0. The Morgan fingerprint density at radius 2 is 1.67 bits per heavy atom. The third-order valence-corrected chi connectivity index (χ3v) is 3.68. The second kappa shape index (κ2) is 8.43. The van der Waals surface area contributed by atoms with E-state index >= 15 is 0 Å². The maximum Gasteiger partial charge on any atom is 0.303 e. The predicted molar refractivity (Wildman–Crippen MR) is 82.7 cm³/mol. The lowest BCUT2D eigenvalue weighted by Gasteiger charge is -2.44. The van der Waals surface area contributed by atoms with Crippen LogP contribution in [0.3, 0.4) is 0 Å². The van der Waals surface area contributed by atoms with Gasteiger partial charge in [-0.3, -0.25) is 19.2 Å². The first kappa shape index (κ1) is 20.4. The molecular weight excluding hydrogens is 390 g/mol. The van der Waals surface area contributed by atoms with Gasteiger partial charge < -0.3 is 24.3 Å². The van der Waals surface area contributed by atoms with E-state index in [9.17, 15) is 19.2 Å². The van der Waals surface area contributed by atoms with Crippen LogP contribution >= 0.6 is 15.9 Å². The number of hydrogen-bond acceptors (Lipinski definition) is 8. The highest BCUT2D eigenvalue weighted by atomic mass is 79.9. The number of amides is 1. The van der Waals surface area contributed by atoms with Crippen molar-refractivity contribution >= 4 is 39.7 Å². The zero-order valence-corrected chi connectivity index (χ0v) is 15.4. The Hall–Kier alpha value is -1.68. The van der Waals surface area contributed by atoms with E-state index in [1.807, 2.05) is 0 Å². The van der Waals surface area contributed by atoms with E-state index in [4.69, 9.17) is 18.9 Å². The Bertz CT molecular complexity index is 525. The summed E-state index contributed by atoms with van der Waals surface area (Å²) in [4.78, 5) is 45.2. The summed E-state index contributed by atoms with van der Waals surface area (Å²) in [6, 6.07) is 0. The largest absolute Gasteiger partial charge is 0.463 e. The molecule has 136 valence electrons. The molecule has 1 saturated heterocycles. The molecule has 10 heteroatoms. The van der Waals surface area contributed by atoms with Gasteiger partial charge in [0.1, 0.15) is 18.8 Å². The van der Waals surface area contributed by atoms with Crippen molar-refractivity contribution in [2.45, 2.75) is 57.1 Å². The third-order valence-electron chi connectivity index (χ3n) is 2.97. The van der Waals surface area contributed by atoms with Crippen molar-refractivity contribution < 1.29 is 38.1 Å². The molecule has 0 aromatic carbocycles. The number of carbonyl (C=O) groups excluding carboxylic acids is 4. The lowest BCUT2D eigenvalue weighted by Crippen LogP contribution is -2.61. The van der Waals surface area contributed by atoms with Crippen molar-refractivity contribution in [2.75, 3.05) is 6.61 Å². The van der Waals surface area contributed by atoms with Gasteiger partial charge in [0.05, 0.1) is 0 Å². The minimum atomic E-state index is -1.36. The average molecular weight is 410 g/mol. The molecule has 4 atom stereocenters. The molecule has 1 rings (SSSR count). The minimum absolute atomic E-state index is 0.0132. The van der Waals surface area contributed by atoms with Gasteiger partial charge in [0.15, 0.2) is 6.10 Å². The Labute approximate surface area is 147 Å². The molecule has 1 heterocycles. The molecule has 9 nitrogen and oxygen atoms in total. The molecule has 1 N–H and O–H groups in total. The zero-order valence-electron chi connectivity index (χ0n) is 13.8. The molecule has 1 amide bonds. The molecule has 24 heavy (non-hydrogen) atoms. The molecule has 1 fully saturated rings. The van der Waals surface area contributed by atoms with Gasteiger partial charge in [0, 0.05) is 34.1 Å². The van der Waals surface area contributed by atoms with E-state index in [0.717, 1.165) is 0 Å². The molecule has 0 aliphatic carbocycles. The van der Waals surface area contributed by atoms with Gasteiger partial charge in [-0.05, 0) is 15.9 Å². The first-order valence-corrected chi connectivity index (χ1v) is 7.95. The van der Waals surface area contributed by atoms with Crippen LogP contribution in [0.25, 0.3) is 0 Å². The molecule has 1 aliphatic heterocycles. The summed E-state index contributed by atoms with van der Waals surface area (Å²) in [5.74, 6) is -2.17. The van der Waals surface area contributed by atoms with Gasteiger partial charge in [-0.1, -0.05) is 0 Å². The molecule has 0 radical (unpaired) electrons. The van der Waals surface area contributed by atoms with E-state index in [1.165, 1.54) is 27.7 Å². The zero-order chi connectivity index (χ0) is 18.5. The van der Waals surface area contributed by atoms with Gasteiger partial charge in [-0.15, -0.1) is 0 Å². The standard InChI is InChI=1S/C14H20BrNO8/c1-7(17)16-14(15)5-11(22-9(3)19)13(23-10(4)20)12(24-14)6-21-8(2)18/h11-13H,5-6H2,1-4H3,(H,16,17)/t11-,12-,13+,14-/m1/s1. The van der Waals surface area contributed by atoms with Crippen molar-refractivity contribution in [1.29, 1.82) is 0 Å². The van der Waals surface area contributed by atoms with Gasteiger partial charge in [-0.25, -0.2) is 0 Å². The van der Waals surface area contributed by atoms with E-state index in [-0.39, 0.29) is 13.0 Å². The van der Waals surface area contributed by atoms with Crippen molar-refractivity contribution in [2.24, 2.45) is 0 Å². The summed E-state index contributed by atoms with van der Waals surface area (Å²) in [6.07, 6.45) is -2.88. The normalized spacial score (nSPS) is 29.3. The second-order valence-electron chi connectivity index (χ2n) is 5.29. The van der Waals surface area contributed by atoms with Gasteiger partial charge in [-0.2, -0.15) is 0 Å². The van der Waals surface area contributed by atoms with E-state index in [0.29, 0.717) is 0 Å². The fourth-order valence-corrected chi connectivity index (χ4v) is 3.14. The predicted octanol–water partition coefficient (Wildman–Crippen LogP) is 0.387. The minimum Gasteiger partial charge on any atom is -0.463 e. The highest BCUT2D eigenvalue weighted by molar-refractivity contribution is 9.10. The average Bonchev–Trinajstić information content (AvgIpc) is 2.37. The Morgan fingerprint density at radius 3 is 2.12 bits per heavy atom. The highest BCUT2D eigenvalue weighted by Crippen LogP contribution is 2.35.